The van der Waals surface area contributed by atoms with E-state index in [1.807, 2.05) is 48.2 Å². The summed E-state index contributed by atoms with van der Waals surface area (Å²) in [6.45, 7) is 9.58. The second-order valence-corrected chi connectivity index (χ2v) is 9.25. The van der Waals surface area contributed by atoms with Crippen LogP contribution in [-0.4, -0.2) is 29.8 Å². The van der Waals surface area contributed by atoms with Crippen LogP contribution in [0.2, 0.25) is 5.02 Å². The topological polar surface area (TPSA) is 49.4 Å². The van der Waals surface area contributed by atoms with Crippen molar-refractivity contribution in [3.8, 4) is 0 Å². The summed E-state index contributed by atoms with van der Waals surface area (Å²) in [4.78, 5) is 27.2. The van der Waals surface area contributed by atoms with E-state index < -0.39 is 0 Å². The second-order valence-electron chi connectivity index (χ2n) is 8.85. The molecule has 1 fully saturated rings. The molecule has 2 amide bonds. The number of nitrogens with zero attached hydrogens (tertiary/aromatic N) is 1. The molecule has 154 valence electrons. The normalized spacial score (nSPS) is 15.3. The van der Waals surface area contributed by atoms with Gasteiger partial charge in [-0.15, -0.1) is 0 Å². The fourth-order valence-corrected chi connectivity index (χ4v) is 3.74. The molecular weight excluding hydrogens is 384 g/mol. The molecule has 4 nitrogen and oxygen atoms in total. The van der Waals surface area contributed by atoms with Crippen molar-refractivity contribution >= 4 is 29.1 Å². The maximum atomic E-state index is 12.8. The molecule has 0 spiro atoms. The number of carbonyl (C=O) groups excluding carboxylic acids is 2. The molecule has 0 saturated carbocycles. The molecule has 2 aromatic rings. The number of anilines is 1. The van der Waals surface area contributed by atoms with Gasteiger partial charge >= 0.3 is 0 Å². The number of nitrogens with one attached hydrogen (secondary N) is 1. The Balaban J connectivity index is 1.56. The molecule has 1 heterocycles. The van der Waals surface area contributed by atoms with Crippen LogP contribution in [0.1, 0.15) is 55.1 Å². The Labute approximate surface area is 178 Å². The number of aryl methyl sites for hydroxylation is 1. The number of hydrogen-bond donors (Lipinski definition) is 1. The Hall–Kier alpha value is -2.33. The van der Waals surface area contributed by atoms with Crippen molar-refractivity contribution in [2.45, 2.75) is 46.0 Å². The van der Waals surface area contributed by atoms with Crippen molar-refractivity contribution in [2.75, 3.05) is 18.4 Å². The van der Waals surface area contributed by atoms with E-state index in [2.05, 4.69) is 26.1 Å². The summed E-state index contributed by atoms with van der Waals surface area (Å²) in [5.74, 6) is -0.0661. The number of carbonyl (C=O) groups is 2. The highest BCUT2D eigenvalue weighted by Crippen LogP contribution is 2.25. The van der Waals surface area contributed by atoms with E-state index >= 15 is 0 Å². The monoisotopic (exact) mass is 412 g/mol. The number of piperidine rings is 1. The molecule has 0 radical (unpaired) electrons. The summed E-state index contributed by atoms with van der Waals surface area (Å²) in [6, 6.07) is 13.4. The lowest BCUT2D eigenvalue weighted by atomic mass is 9.86. The van der Waals surface area contributed by atoms with Gasteiger partial charge in [-0.1, -0.05) is 50.6 Å². The molecule has 29 heavy (non-hydrogen) atoms. The van der Waals surface area contributed by atoms with Crippen molar-refractivity contribution in [3.05, 3.63) is 64.2 Å². The van der Waals surface area contributed by atoms with Gasteiger partial charge in [0.05, 0.1) is 0 Å². The van der Waals surface area contributed by atoms with E-state index in [-0.39, 0.29) is 23.1 Å². The molecule has 0 aromatic heterocycles. The second kappa shape index (κ2) is 8.58. The van der Waals surface area contributed by atoms with E-state index in [1.54, 1.807) is 6.07 Å². The highest BCUT2D eigenvalue weighted by Gasteiger charge is 2.28. The van der Waals surface area contributed by atoms with Crippen LogP contribution >= 0.6 is 11.6 Å². The molecule has 0 aliphatic carbocycles. The Morgan fingerprint density at radius 1 is 1.03 bits per heavy atom. The number of hydrogen-bond acceptors (Lipinski definition) is 2. The summed E-state index contributed by atoms with van der Waals surface area (Å²) < 4.78 is 0. The summed E-state index contributed by atoms with van der Waals surface area (Å²) in [5, 5.41) is 3.59. The Bertz CT molecular complexity index is 892. The number of halogens is 1. The van der Waals surface area contributed by atoms with Crippen LogP contribution in [0.3, 0.4) is 0 Å². The first-order valence-electron chi connectivity index (χ1n) is 10.1. The van der Waals surface area contributed by atoms with Gasteiger partial charge in [-0.25, -0.2) is 0 Å². The summed E-state index contributed by atoms with van der Waals surface area (Å²) in [5.41, 5.74) is 3.67. The van der Waals surface area contributed by atoms with Gasteiger partial charge in [0, 0.05) is 35.3 Å². The van der Waals surface area contributed by atoms with E-state index in [9.17, 15) is 9.59 Å². The van der Waals surface area contributed by atoms with Crippen LogP contribution < -0.4 is 5.32 Å². The van der Waals surface area contributed by atoms with E-state index in [0.29, 0.717) is 42.2 Å². The van der Waals surface area contributed by atoms with Gasteiger partial charge in [0.25, 0.3) is 5.91 Å². The van der Waals surface area contributed by atoms with Gasteiger partial charge in [0.15, 0.2) is 0 Å². The molecule has 0 unspecified atom stereocenters. The van der Waals surface area contributed by atoms with Crippen molar-refractivity contribution < 1.29 is 9.59 Å². The fraction of sp³-hybridized carbons (Fsp3) is 0.417. The first-order valence-corrected chi connectivity index (χ1v) is 10.5. The third kappa shape index (κ3) is 5.18. The summed E-state index contributed by atoms with van der Waals surface area (Å²) in [7, 11) is 0. The first-order chi connectivity index (χ1) is 13.6. The summed E-state index contributed by atoms with van der Waals surface area (Å²) in [6.07, 6.45) is 1.33. The van der Waals surface area contributed by atoms with Gasteiger partial charge in [-0.05, 0) is 60.6 Å². The zero-order chi connectivity index (χ0) is 21.2. The van der Waals surface area contributed by atoms with Crippen LogP contribution in [0.15, 0.2) is 42.5 Å². The van der Waals surface area contributed by atoms with E-state index in [0.717, 1.165) is 5.56 Å². The van der Waals surface area contributed by atoms with Crippen LogP contribution in [0.5, 0.6) is 0 Å². The van der Waals surface area contributed by atoms with Gasteiger partial charge in [0.2, 0.25) is 5.91 Å². The Morgan fingerprint density at radius 3 is 2.21 bits per heavy atom. The van der Waals surface area contributed by atoms with E-state index in [4.69, 9.17) is 11.6 Å². The number of rotatable bonds is 3. The maximum Gasteiger partial charge on any atom is 0.253 e. The standard InChI is InChI=1S/C24H29ClN2O2/c1-16-5-10-20(15-21(16)25)26-22(28)17-11-13-27(14-12-17)23(29)18-6-8-19(9-7-18)24(2,3)4/h5-10,15,17H,11-14H2,1-4H3,(H,26,28). The van der Waals surface area contributed by atoms with Crippen molar-refractivity contribution in [3.63, 3.8) is 0 Å². The van der Waals surface area contributed by atoms with Gasteiger partial charge in [0.1, 0.15) is 0 Å². The van der Waals surface area contributed by atoms with Crippen LogP contribution in [-0.2, 0) is 10.2 Å². The molecule has 0 atom stereocenters. The number of likely N-dealkylation sites (tertiary alicyclic amines) is 1. The fourth-order valence-electron chi connectivity index (χ4n) is 3.56. The average Bonchev–Trinajstić information content (AvgIpc) is 2.70. The molecule has 0 bridgehead atoms. The number of benzene rings is 2. The number of amides is 2. The van der Waals surface area contributed by atoms with Gasteiger partial charge in [-0.3, -0.25) is 9.59 Å². The third-order valence-electron chi connectivity index (χ3n) is 5.59. The molecule has 1 N–H and O–H groups in total. The highest BCUT2D eigenvalue weighted by molar-refractivity contribution is 6.31. The highest BCUT2D eigenvalue weighted by atomic mass is 35.5. The molecule has 2 aromatic carbocycles. The molecule has 5 heteroatoms. The van der Waals surface area contributed by atoms with Crippen molar-refractivity contribution in [1.82, 2.24) is 4.90 Å². The lowest BCUT2D eigenvalue weighted by Crippen LogP contribution is -2.41. The van der Waals surface area contributed by atoms with Crippen molar-refractivity contribution in [1.29, 1.82) is 0 Å². The molecule has 3 rings (SSSR count). The molecular formula is C24H29ClN2O2. The van der Waals surface area contributed by atoms with E-state index in [1.165, 1.54) is 5.56 Å². The predicted octanol–water partition coefficient (Wildman–Crippen LogP) is 5.44. The minimum absolute atomic E-state index is 0.00783. The zero-order valence-electron chi connectivity index (χ0n) is 17.6. The lowest BCUT2D eigenvalue weighted by Gasteiger charge is -2.31. The Kier molecular flexibility index (Phi) is 6.33. The lowest BCUT2D eigenvalue weighted by molar-refractivity contribution is -0.121. The predicted molar refractivity (Wildman–Crippen MR) is 119 cm³/mol. The molecule has 1 aliphatic rings. The first kappa shape index (κ1) is 21.4. The summed E-state index contributed by atoms with van der Waals surface area (Å²) >= 11 is 6.13. The molecule has 1 aliphatic heterocycles. The SMILES string of the molecule is Cc1ccc(NC(=O)C2CCN(C(=O)c3ccc(C(C)(C)C)cc3)CC2)cc1Cl. The third-order valence-corrected chi connectivity index (χ3v) is 6.00. The van der Waals surface area contributed by atoms with Crippen molar-refractivity contribution in [2.24, 2.45) is 5.92 Å². The largest absolute Gasteiger partial charge is 0.339 e. The van der Waals surface area contributed by atoms with Crippen LogP contribution in [0.25, 0.3) is 0 Å². The smallest absolute Gasteiger partial charge is 0.253 e. The maximum absolute atomic E-state index is 12.8. The van der Waals surface area contributed by atoms with Crippen LogP contribution in [0, 0.1) is 12.8 Å². The minimum Gasteiger partial charge on any atom is -0.339 e. The van der Waals surface area contributed by atoms with Gasteiger partial charge < -0.3 is 10.2 Å². The average molecular weight is 413 g/mol. The minimum atomic E-state index is -0.0950. The quantitative estimate of drug-likeness (QED) is 0.729. The van der Waals surface area contributed by atoms with Crippen LogP contribution in [0.4, 0.5) is 5.69 Å². The molecule has 1 saturated heterocycles. The van der Waals surface area contributed by atoms with Gasteiger partial charge in [-0.2, -0.15) is 0 Å². The zero-order valence-corrected chi connectivity index (χ0v) is 18.3. The Morgan fingerprint density at radius 2 is 1.66 bits per heavy atom.